The van der Waals surface area contributed by atoms with Gasteiger partial charge in [-0.05, 0) is 13.8 Å². The standard InChI is InChI=1S/C14H16N4O/c1-14(2)10-12(15-17-14)11(16-18(3)13(10)19)9-7-5-4-6-8-9/h4-8,10,12H,1-3H3/t10-,12+/m1/s1. The summed E-state index contributed by atoms with van der Waals surface area (Å²) in [6.45, 7) is 3.89. The molecular weight excluding hydrogens is 240 g/mol. The van der Waals surface area contributed by atoms with E-state index in [2.05, 4.69) is 15.3 Å². The predicted octanol–water partition coefficient (Wildman–Crippen LogP) is 2.09. The monoisotopic (exact) mass is 256 g/mol. The lowest BCUT2D eigenvalue weighted by molar-refractivity contribution is -0.136. The molecule has 0 saturated heterocycles. The molecule has 0 radical (unpaired) electrons. The van der Waals surface area contributed by atoms with Crippen molar-refractivity contribution in [1.82, 2.24) is 5.01 Å². The molecule has 2 aliphatic rings. The molecule has 2 heterocycles. The van der Waals surface area contributed by atoms with E-state index in [1.807, 2.05) is 44.2 Å². The van der Waals surface area contributed by atoms with Gasteiger partial charge in [0.15, 0.2) is 0 Å². The number of hydrogen-bond donors (Lipinski definition) is 0. The van der Waals surface area contributed by atoms with Crippen molar-refractivity contribution in [1.29, 1.82) is 0 Å². The molecule has 2 aliphatic heterocycles. The molecular formula is C14H16N4O. The molecule has 0 spiro atoms. The van der Waals surface area contributed by atoms with Crippen molar-refractivity contribution in [3.63, 3.8) is 0 Å². The van der Waals surface area contributed by atoms with Gasteiger partial charge in [0.2, 0.25) is 0 Å². The summed E-state index contributed by atoms with van der Waals surface area (Å²) in [7, 11) is 1.69. The van der Waals surface area contributed by atoms with Gasteiger partial charge in [-0.2, -0.15) is 15.3 Å². The first kappa shape index (κ1) is 12.0. The smallest absolute Gasteiger partial charge is 0.250 e. The SMILES string of the molecule is CN1N=C(c2ccccc2)[C@H]2N=NC(C)(C)[C@H]2C1=O. The van der Waals surface area contributed by atoms with E-state index >= 15 is 0 Å². The van der Waals surface area contributed by atoms with E-state index in [0.717, 1.165) is 11.3 Å². The van der Waals surface area contributed by atoms with Crippen LogP contribution in [0, 0.1) is 5.92 Å². The highest BCUT2D eigenvalue weighted by atomic mass is 16.2. The van der Waals surface area contributed by atoms with E-state index in [-0.39, 0.29) is 17.9 Å². The summed E-state index contributed by atoms with van der Waals surface area (Å²) in [6, 6.07) is 9.59. The minimum atomic E-state index is -0.466. The second-order valence-electron chi connectivity index (χ2n) is 5.50. The van der Waals surface area contributed by atoms with Gasteiger partial charge in [0.05, 0.1) is 17.2 Å². The Morgan fingerprint density at radius 3 is 2.58 bits per heavy atom. The fourth-order valence-corrected chi connectivity index (χ4v) is 2.68. The van der Waals surface area contributed by atoms with Crippen LogP contribution in [-0.2, 0) is 4.79 Å². The molecule has 5 nitrogen and oxygen atoms in total. The number of rotatable bonds is 1. The van der Waals surface area contributed by atoms with Crippen LogP contribution in [0.5, 0.6) is 0 Å². The number of azo groups is 1. The molecule has 0 aromatic heterocycles. The van der Waals surface area contributed by atoms with Crippen molar-refractivity contribution in [2.75, 3.05) is 7.05 Å². The second-order valence-corrected chi connectivity index (χ2v) is 5.50. The number of benzene rings is 1. The molecule has 0 fully saturated rings. The first-order valence-electron chi connectivity index (χ1n) is 6.34. The van der Waals surface area contributed by atoms with Gasteiger partial charge in [-0.25, -0.2) is 5.01 Å². The van der Waals surface area contributed by atoms with Crippen LogP contribution in [-0.4, -0.2) is 35.3 Å². The van der Waals surface area contributed by atoms with Crippen LogP contribution in [0.4, 0.5) is 0 Å². The number of amides is 1. The summed E-state index contributed by atoms with van der Waals surface area (Å²) in [6.07, 6.45) is 0. The van der Waals surface area contributed by atoms with Gasteiger partial charge in [-0.1, -0.05) is 30.3 Å². The zero-order chi connectivity index (χ0) is 13.6. The van der Waals surface area contributed by atoms with E-state index in [4.69, 9.17) is 0 Å². The molecule has 5 heteroatoms. The molecule has 1 aromatic rings. The average Bonchev–Trinajstić information content (AvgIpc) is 2.71. The van der Waals surface area contributed by atoms with Gasteiger partial charge in [-0.3, -0.25) is 4.79 Å². The fraction of sp³-hybridized carbons (Fsp3) is 0.429. The maximum Gasteiger partial charge on any atom is 0.250 e. The molecule has 0 aliphatic carbocycles. The summed E-state index contributed by atoms with van der Waals surface area (Å²) < 4.78 is 0. The van der Waals surface area contributed by atoms with Gasteiger partial charge in [0, 0.05) is 12.6 Å². The summed E-state index contributed by atoms with van der Waals surface area (Å²) in [5.41, 5.74) is 1.35. The topological polar surface area (TPSA) is 57.4 Å². The highest BCUT2D eigenvalue weighted by Crippen LogP contribution is 2.38. The van der Waals surface area contributed by atoms with E-state index < -0.39 is 5.54 Å². The van der Waals surface area contributed by atoms with Crippen molar-refractivity contribution < 1.29 is 4.79 Å². The first-order chi connectivity index (χ1) is 9.00. The van der Waals surface area contributed by atoms with Crippen molar-refractivity contribution in [2.45, 2.75) is 25.4 Å². The van der Waals surface area contributed by atoms with E-state index in [1.165, 1.54) is 5.01 Å². The Hall–Kier alpha value is -2.04. The van der Waals surface area contributed by atoms with Gasteiger partial charge >= 0.3 is 0 Å². The largest absolute Gasteiger partial charge is 0.272 e. The number of hydrogen-bond acceptors (Lipinski definition) is 4. The molecule has 0 N–H and O–H groups in total. The maximum atomic E-state index is 12.3. The normalized spacial score (nSPS) is 28.3. The Morgan fingerprint density at radius 1 is 1.21 bits per heavy atom. The number of fused-ring (bicyclic) bond motifs is 1. The minimum absolute atomic E-state index is 0.0142. The molecule has 1 amide bonds. The van der Waals surface area contributed by atoms with Crippen molar-refractivity contribution in [3.05, 3.63) is 35.9 Å². The van der Waals surface area contributed by atoms with Gasteiger partial charge in [-0.15, -0.1) is 0 Å². The summed E-state index contributed by atoms with van der Waals surface area (Å²) in [4.78, 5) is 12.3. The number of carbonyl (C=O) groups excluding carboxylic acids is 1. The minimum Gasteiger partial charge on any atom is -0.272 e. The predicted molar refractivity (Wildman–Crippen MR) is 72.0 cm³/mol. The fourth-order valence-electron chi connectivity index (χ4n) is 2.68. The molecule has 0 saturated carbocycles. The molecule has 3 rings (SSSR count). The second kappa shape index (κ2) is 3.98. The van der Waals surface area contributed by atoms with Crippen LogP contribution in [0.25, 0.3) is 0 Å². The zero-order valence-electron chi connectivity index (χ0n) is 11.2. The molecule has 2 atom stereocenters. The highest BCUT2D eigenvalue weighted by Gasteiger charge is 2.51. The third-order valence-corrected chi connectivity index (χ3v) is 3.71. The Labute approximate surface area is 112 Å². The van der Waals surface area contributed by atoms with Crippen molar-refractivity contribution in [3.8, 4) is 0 Å². The van der Waals surface area contributed by atoms with E-state index in [0.29, 0.717) is 0 Å². The lowest BCUT2D eigenvalue weighted by atomic mass is 9.79. The number of hydrazone groups is 1. The first-order valence-corrected chi connectivity index (χ1v) is 6.34. The van der Waals surface area contributed by atoms with Crippen molar-refractivity contribution in [2.24, 2.45) is 21.2 Å². The van der Waals surface area contributed by atoms with Gasteiger partial charge in [0.1, 0.15) is 6.04 Å². The van der Waals surface area contributed by atoms with Crippen LogP contribution < -0.4 is 0 Å². The van der Waals surface area contributed by atoms with Gasteiger partial charge in [0.25, 0.3) is 5.91 Å². The molecule has 98 valence electrons. The van der Waals surface area contributed by atoms with Crippen LogP contribution >= 0.6 is 0 Å². The van der Waals surface area contributed by atoms with Crippen LogP contribution in [0.2, 0.25) is 0 Å². The Bertz CT molecular complexity index is 576. The van der Waals surface area contributed by atoms with Crippen LogP contribution in [0.3, 0.4) is 0 Å². The van der Waals surface area contributed by atoms with Crippen molar-refractivity contribution >= 4 is 11.6 Å². The van der Waals surface area contributed by atoms with E-state index in [1.54, 1.807) is 7.05 Å². The number of nitrogens with zero attached hydrogens (tertiary/aromatic N) is 4. The molecule has 1 aromatic carbocycles. The lowest BCUT2D eigenvalue weighted by Crippen LogP contribution is -2.50. The summed E-state index contributed by atoms with van der Waals surface area (Å²) in [5, 5.41) is 14.4. The Kier molecular flexibility index (Phi) is 2.52. The van der Waals surface area contributed by atoms with Crippen LogP contribution in [0.15, 0.2) is 45.7 Å². The molecule has 19 heavy (non-hydrogen) atoms. The molecule has 0 unspecified atom stereocenters. The van der Waals surface area contributed by atoms with E-state index in [9.17, 15) is 4.79 Å². The quantitative estimate of drug-likeness (QED) is 0.759. The Balaban J connectivity index is 2.09. The zero-order valence-corrected chi connectivity index (χ0v) is 11.2. The highest BCUT2D eigenvalue weighted by molar-refractivity contribution is 6.09. The van der Waals surface area contributed by atoms with Crippen LogP contribution in [0.1, 0.15) is 19.4 Å². The molecule has 0 bridgehead atoms. The third kappa shape index (κ3) is 1.77. The summed E-state index contributed by atoms with van der Waals surface area (Å²) in [5.74, 6) is -0.273. The maximum absolute atomic E-state index is 12.3. The lowest BCUT2D eigenvalue weighted by Gasteiger charge is -2.33. The summed E-state index contributed by atoms with van der Waals surface area (Å²) >= 11 is 0. The van der Waals surface area contributed by atoms with Gasteiger partial charge < -0.3 is 0 Å². The third-order valence-electron chi connectivity index (χ3n) is 3.71. The average molecular weight is 256 g/mol. The number of carbonyl (C=O) groups is 1. The Morgan fingerprint density at radius 2 is 1.89 bits per heavy atom.